The maximum absolute atomic E-state index is 10.8. The first-order valence-electron chi connectivity index (χ1n) is 5.59. The molecule has 1 aromatic rings. The van der Waals surface area contributed by atoms with E-state index < -0.39 is 5.97 Å². The van der Waals surface area contributed by atoms with E-state index in [2.05, 4.69) is 5.32 Å². The van der Waals surface area contributed by atoms with Gasteiger partial charge in [-0.05, 0) is 26.3 Å². The highest BCUT2D eigenvalue weighted by Gasteiger charge is 2.14. The zero-order chi connectivity index (χ0) is 12.8. The molecule has 0 aliphatic rings. The van der Waals surface area contributed by atoms with Crippen LogP contribution in [-0.2, 0) is 11.3 Å². The Labute approximate surface area is 101 Å². The number of nitrogens with one attached hydrogen (secondary N) is 1. The fourth-order valence-electron chi connectivity index (χ4n) is 1.52. The van der Waals surface area contributed by atoms with Crippen LogP contribution in [0.5, 0.6) is 0 Å². The van der Waals surface area contributed by atoms with Crippen molar-refractivity contribution in [3.05, 3.63) is 23.2 Å². The van der Waals surface area contributed by atoms with Gasteiger partial charge in [0, 0.05) is 25.3 Å². The lowest BCUT2D eigenvalue weighted by molar-refractivity contribution is 0.0659. The molecule has 0 aliphatic carbocycles. The SMILES string of the molecule is COCCC(C)NCc1cc(C)c(C(=O)O)o1. The number of hydrogen-bond acceptors (Lipinski definition) is 4. The van der Waals surface area contributed by atoms with Crippen LogP contribution in [0.1, 0.15) is 35.2 Å². The number of rotatable bonds is 7. The fourth-order valence-corrected chi connectivity index (χ4v) is 1.52. The van der Waals surface area contributed by atoms with Crippen LogP contribution in [0.4, 0.5) is 0 Å². The first-order valence-corrected chi connectivity index (χ1v) is 5.59. The summed E-state index contributed by atoms with van der Waals surface area (Å²) in [4.78, 5) is 10.8. The molecule has 1 heterocycles. The van der Waals surface area contributed by atoms with Crippen molar-refractivity contribution in [3.8, 4) is 0 Å². The third kappa shape index (κ3) is 4.20. The van der Waals surface area contributed by atoms with Crippen LogP contribution >= 0.6 is 0 Å². The lowest BCUT2D eigenvalue weighted by atomic mass is 10.2. The largest absolute Gasteiger partial charge is 0.475 e. The molecule has 0 bridgehead atoms. The van der Waals surface area contributed by atoms with Gasteiger partial charge in [0.2, 0.25) is 5.76 Å². The van der Waals surface area contributed by atoms with Crippen LogP contribution in [0.25, 0.3) is 0 Å². The monoisotopic (exact) mass is 241 g/mol. The number of aromatic carboxylic acids is 1. The van der Waals surface area contributed by atoms with Crippen molar-refractivity contribution in [2.45, 2.75) is 32.9 Å². The van der Waals surface area contributed by atoms with Gasteiger partial charge >= 0.3 is 5.97 Å². The Kier molecular flexibility index (Phi) is 5.18. The summed E-state index contributed by atoms with van der Waals surface area (Å²) in [5.41, 5.74) is 0.652. The van der Waals surface area contributed by atoms with Gasteiger partial charge in [-0.3, -0.25) is 0 Å². The van der Waals surface area contributed by atoms with Crippen molar-refractivity contribution < 1.29 is 19.1 Å². The van der Waals surface area contributed by atoms with E-state index >= 15 is 0 Å². The molecule has 2 N–H and O–H groups in total. The molecule has 5 heteroatoms. The Morgan fingerprint density at radius 2 is 2.35 bits per heavy atom. The standard InChI is InChI=1S/C12H19NO4/c1-8-6-10(17-11(8)12(14)15)7-13-9(2)4-5-16-3/h6,9,13H,4-5,7H2,1-3H3,(H,14,15). The lowest BCUT2D eigenvalue weighted by Crippen LogP contribution is -2.26. The number of methoxy groups -OCH3 is 1. The normalized spacial score (nSPS) is 12.6. The minimum atomic E-state index is -1.03. The van der Waals surface area contributed by atoms with Gasteiger partial charge in [-0.15, -0.1) is 0 Å². The Hall–Kier alpha value is -1.33. The van der Waals surface area contributed by atoms with E-state index in [1.54, 1.807) is 20.1 Å². The van der Waals surface area contributed by atoms with Crippen LogP contribution < -0.4 is 5.32 Å². The van der Waals surface area contributed by atoms with E-state index in [1.807, 2.05) is 6.92 Å². The maximum Gasteiger partial charge on any atom is 0.372 e. The molecule has 96 valence electrons. The zero-order valence-electron chi connectivity index (χ0n) is 10.4. The van der Waals surface area contributed by atoms with Gasteiger partial charge in [0.25, 0.3) is 0 Å². The van der Waals surface area contributed by atoms with E-state index in [0.717, 1.165) is 6.42 Å². The van der Waals surface area contributed by atoms with E-state index in [-0.39, 0.29) is 5.76 Å². The molecule has 1 unspecified atom stereocenters. The number of aryl methyl sites for hydroxylation is 1. The minimum absolute atomic E-state index is 0.0198. The predicted octanol–water partition coefficient (Wildman–Crippen LogP) is 1.80. The number of carboxylic acids is 1. The molecular weight excluding hydrogens is 222 g/mol. The van der Waals surface area contributed by atoms with Crippen molar-refractivity contribution in [2.75, 3.05) is 13.7 Å². The minimum Gasteiger partial charge on any atom is -0.475 e. The predicted molar refractivity (Wildman–Crippen MR) is 63.2 cm³/mol. The summed E-state index contributed by atoms with van der Waals surface area (Å²) in [6.45, 7) is 5.00. The summed E-state index contributed by atoms with van der Waals surface area (Å²) in [6.07, 6.45) is 0.905. The van der Waals surface area contributed by atoms with E-state index in [4.69, 9.17) is 14.3 Å². The van der Waals surface area contributed by atoms with Crippen LogP contribution in [-0.4, -0.2) is 30.8 Å². The highest BCUT2D eigenvalue weighted by atomic mass is 16.5. The number of ether oxygens (including phenoxy) is 1. The summed E-state index contributed by atoms with van der Waals surface area (Å²) in [5.74, 6) is -0.364. The molecule has 1 aromatic heterocycles. The average molecular weight is 241 g/mol. The topological polar surface area (TPSA) is 71.7 Å². The van der Waals surface area contributed by atoms with Gasteiger partial charge < -0.3 is 19.6 Å². The first kappa shape index (κ1) is 13.7. The molecule has 5 nitrogen and oxygen atoms in total. The van der Waals surface area contributed by atoms with E-state index in [1.165, 1.54) is 0 Å². The Balaban J connectivity index is 2.47. The first-order chi connectivity index (χ1) is 8.04. The van der Waals surface area contributed by atoms with Gasteiger partial charge in [-0.1, -0.05) is 0 Å². The molecule has 0 aromatic carbocycles. The molecule has 0 spiro atoms. The van der Waals surface area contributed by atoms with Crippen molar-refractivity contribution >= 4 is 5.97 Å². The number of furan rings is 1. The zero-order valence-corrected chi connectivity index (χ0v) is 10.4. The van der Waals surface area contributed by atoms with Gasteiger partial charge in [-0.25, -0.2) is 4.79 Å². The average Bonchev–Trinajstić information content (AvgIpc) is 2.65. The highest BCUT2D eigenvalue weighted by molar-refractivity contribution is 5.86. The lowest BCUT2D eigenvalue weighted by Gasteiger charge is -2.11. The third-order valence-corrected chi connectivity index (χ3v) is 2.54. The van der Waals surface area contributed by atoms with Crippen molar-refractivity contribution in [2.24, 2.45) is 0 Å². The molecule has 0 saturated heterocycles. The number of carboxylic acid groups (broad SMARTS) is 1. The Morgan fingerprint density at radius 3 is 2.88 bits per heavy atom. The quantitative estimate of drug-likeness (QED) is 0.761. The third-order valence-electron chi connectivity index (χ3n) is 2.54. The second kappa shape index (κ2) is 6.42. The van der Waals surface area contributed by atoms with Gasteiger partial charge in [0.05, 0.1) is 6.54 Å². The van der Waals surface area contributed by atoms with Crippen LogP contribution in [0.2, 0.25) is 0 Å². The molecular formula is C12H19NO4. The number of carbonyl (C=O) groups is 1. The number of hydrogen-bond donors (Lipinski definition) is 2. The smallest absolute Gasteiger partial charge is 0.372 e. The summed E-state index contributed by atoms with van der Waals surface area (Å²) >= 11 is 0. The van der Waals surface area contributed by atoms with Crippen LogP contribution in [0.15, 0.2) is 10.5 Å². The van der Waals surface area contributed by atoms with Crippen molar-refractivity contribution in [1.29, 1.82) is 0 Å². The van der Waals surface area contributed by atoms with E-state index in [9.17, 15) is 4.79 Å². The molecule has 1 rings (SSSR count). The molecule has 0 fully saturated rings. The molecule has 0 radical (unpaired) electrons. The van der Waals surface area contributed by atoms with Gasteiger partial charge in [0.1, 0.15) is 5.76 Å². The Bertz CT molecular complexity index is 373. The summed E-state index contributed by atoms with van der Waals surface area (Å²) < 4.78 is 10.2. The van der Waals surface area contributed by atoms with Gasteiger partial charge in [0.15, 0.2) is 0 Å². The summed E-state index contributed by atoms with van der Waals surface area (Å²) in [6, 6.07) is 2.05. The van der Waals surface area contributed by atoms with Crippen molar-refractivity contribution in [3.63, 3.8) is 0 Å². The van der Waals surface area contributed by atoms with Gasteiger partial charge in [-0.2, -0.15) is 0 Å². The summed E-state index contributed by atoms with van der Waals surface area (Å²) in [7, 11) is 1.67. The highest BCUT2D eigenvalue weighted by Crippen LogP contribution is 2.14. The van der Waals surface area contributed by atoms with Crippen LogP contribution in [0.3, 0.4) is 0 Å². The molecule has 0 aliphatic heterocycles. The van der Waals surface area contributed by atoms with Crippen LogP contribution in [0, 0.1) is 6.92 Å². The molecule has 0 saturated carbocycles. The Morgan fingerprint density at radius 1 is 1.65 bits per heavy atom. The van der Waals surface area contributed by atoms with E-state index in [0.29, 0.717) is 30.5 Å². The molecule has 17 heavy (non-hydrogen) atoms. The fraction of sp³-hybridized carbons (Fsp3) is 0.583. The maximum atomic E-state index is 10.8. The second-order valence-corrected chi connectivity index (χ2v) is 4.09. The molecule has 1 atom stereocenters. The van der Waals surface area contributed by atoms with Crippen molar-refractivity contribution in [1.82, 2.24) is 5.32 Å². The molecule has 0 amide bonds. The summed E-state index contributed by atoms with van der Waals surface area (Å²) in [5, 5.41) is 12.1. The second-order valence-electron chi connectivity index (χ2n) is 4.09.